The standard InChI is InChI=1S/C20H23FN2O4/c1-4-13(3)15-8-6-7-9-19(15)27-18(5-2)20(24)22-17-12-14(23(25)26)10-11-16(17)21/h6-13,18H,4-5H2,1-3H3,(H,22,24). The van der Waals surface area contributed by atoms with Crippen molar-refractivity contribution in [3.63, 3.8) is 0 Å². The van der Waals surface area contributed by atoms with Crippen LogP contribution >= 0.6 is 0 Å². The van der Waals surface area contributed by atoms with Gasteiger partial charge in [0.25, 0.3) is 11.6 Å². The van der Waals surface area contributed by atoms with E-state index in [9.17, 15) is 19.3 Å². The molecule has 0 spiro atoms. The largest absolute Gasteiger partial charge is 0.480 e. The number of nitro groups is 1. The molecule has 0 aliphatic carbocycles. The molecule has 0 fully saturated rings. The molecule has 0 saturated heterocycles. The molecule has 0 aromatic heterocycles. The number of non-ortho nitro benzene ring substituents is 1. The molecule has 2 aromatic carbocycles. The quantitative estimate of drug-likeness (QED) is 0.518. The summed E-state index contributed by atoms with van der Waals surface area (Å²) in [5.41, 5.74) is 0.446. The number of halogens is 1. The van der Waals surface area contributed by atoms with E-state index in [2.05, 4.69) is 19.2 Å². The van der Waals surface area contributed by atoms with E-state index >= 15 is 0 Å². The average Bonchev–Trinajstić information content (AvgIpc) is 2.67. The number of anilines is 1. The second kappa shape index (κ2) is 9.12. The predicted octanol–water partition coefficient (Wildman–Crippen LogP) is 5.04. The van der Waals surface area contributed by atoms with Crippen molar-refractivity contribution in [1.29, 1.82) is 0 Å². The zero-order chi connectivity index (χ0) is 20.0. The van der Waals surface area contributed by atoms with E-state index in [-0.39, 0.29) is 17.3 Å². The van der Waals surface area contributed by atoms with Crippen molar-refractivity contribution in [2.45, 2.75) is 45.6 Å². The van der Waals surface area contributed by atoms with E-state index in [1.807, 2.05) is 18.2 Å². The van der Waals surface area contributed by atoms with Crippen LogP contribution in [0.3, 0.4) is 0 Å². The summed E-state index contributed by atoms with van der Waals surface area (Å²) in [6, 6.07) is 10.5. The average molecular weight is 374 g/mol. The molecule has 0 saturated carbocycles. The van der Waals surface area contributed by atoms with Gasteiger partial charge in [-0.05, 0) is 36.5 Å². The predicted molar refractivity (Wildman–Crippen MR) is 102 cm³/mol. The molecular formula is C20H23FN2O4. The van der Waals surface area contributed by atoms with Crippen molar-refractivity contribution in [2.75, 3.05) is 5.32 Å². The van der Waals surface area contributed by atoms with Gasteiger partial charge in [-0.2, -0.15) is 0 Å². The molecular weight excluding hydrogens is 351 g/mol. The first-order chi connectivity index (χ1) is 12.9. The number of carbonyl (C=O) groups excluding carboxylic acids is 1. The van der Waals surface area contributed by atoms with Crippen molar-refractivity contribution < 1.29 is 18.8 Å². The minimum Gasteiger partial charge on any atom is -0.480 e. The number of hydrogen-bond acceptors (Lipinski definition) is 4. The molecule has 0 aliphatic heterocycles. The number of rotatable bonds is 8. The van der Waals surface area contributed by atoms with Crippen LogP contribution in [0.15, 0.2) is 42.5 Å². The zero-order valence-corrected chi connectivity index (χ0v) is 15.6. The van der Waals surface area contributed by atoms with Crippen molar-refractivity contribution in [2.24, 2.45) is 0 Å². The Labute approximate surface area is 157 Å². The van der Waals surface area contributed by atoms with Gasteiger partial charge in [-0.3, -0.25) is 14.9 Å². The summed E-state index contributed by atoms with van der Waals surface area (Å²) >= 11 is 0. The highest BCUT2D eigenvalue weighted by Crippen LogP contribution is 2.30. The molecule has 0 bridgehead atoms. The van der Waals surface area contributed by atoms with E-state index in [0.29, 0.717) is 12.2 Å². The maximum Gasteiger partial charge on any atom is 0.271 e. The lowest BCUT2D eigenvalue weighted by atomic mass is 9.98. The summed E-state index contributed by atoms with van der Waals surface area (Å²) in [7, 11) is 0. The molecule has 0 aliphatic rings. The van der Waals surface area contributed by atoms with Crippen molar-refractivity contribution in [1.82, 2.24) is 0 Å². The van der Waals surface area contributed by atoms with Crippen LogP contribution in [0.25, 0.3) is 0 Å². The van der Waals surface area contributed by atoms with Gasteiger partial charge >= 0.3 is 0 Å². The first-order valence-corrected chi connectivity index (χ1v) is 8.87. The number of nitrogens with one attached hydrogen (secondary N) is 1. The smallest absolute Gasteiger partial charge is 0.271 e. The molecule has 0 radical (unpaired) electrons. The molecule has 7 heteroatoms. The summed E-state index contributed by atoms with van der Waals surface area (Å²) in [4.78, 5) is 22.8. The maximum absolute atomic E-state index is 13.9. The first kappa shape index (κ1) is 20.4. The fraction of sp³-hybridized carbons (Fsp3) is 0.350. The molecule has 2 unspecified atom stereocenters. The van der Waals surface area contributed by atoms with E-state index in [4.69, 9.17) is 4.74 Å². The topological polar surface area (TPSA) is 81.5 Å². The van der Waals surface area contributed by atoms with Crippen LogP contribution in [0.1, 0.15) is 45.1 Å². The van der Waals surface area contributed by atoms with Crippen LogP contribution in [0.2, 0.25) is 0 Å². The highest BCUT2D eigenvalue weighted by molar-refractivity contribution is 5.94. The molecule has 2 rings (SSSR count). The van der Waals surface area contributed by atoms with Gasteiger partial charge in [0.05, 0.1) is 10.6 Å². The first-order valence-electron chi connectivity index (χ1n) is 8.87. The van der Waals surface area contributed by atoms with Gasteiger partial charge in [-0.25, -0.2) is 4.39 Å². The third-order valence-corrected chi connectivity index (χ3v) is 4.41. The summed E-state index contributed by atoms with van der Waals surface area (Å²) in [6.45, 7) is 5.91. The minimum absolute atomic E-state index is 0.244. The summed E-state index contributed by atoms with van der Waals surface area (Å²) < 4.78 is 19.8. The van der Waals surface area contributed by atoms with Crippen LogP contribution in [-0.4, -0.2) is 16.9 Å². The van der Waals surface area contributed by atoms with Crippen LogP contribution < -0.4 is 10.1 Å². The monoisotopic (exact) mass is 374 g/mol. The Kier molecular flexibility index (Phi) is 6.87. The second-order valence-corrected chi connectivity index (χ2v) is 6.27. The van der Waals surface area contributed by atoms with Gasteiger partial charge in [0.2, 0.25) is 0 Å². The number of ether oxygens (including phenoxy) is 1. The fourth-order valence-electron chi connectivity index (χ4n) is 2.63. The lowest BCUT2D eigenvalue weighted by Crippen LogP contribution is -2.33. The Hall–Kier alpha value is -2.96. The molecule has 2 atom stereocenters. The maximum atomic E-state index is 13.9. The van der Waals surface area contributed by atoms with E-state index in [1.165, 1.54) is 0 Å². The SMILES string of the molecule is CCC(Oc1ccccc1C(C)CC)C(=O)Nc1cc([N+](=O)[O-])ccc1F. The Morgan fingerprint density at radius 2 is 1.93 bits per heavy atom. The Bertz CT molecular complexity index is 825. The molecule has 27 heavy (non-hydrogen) atoms. The minimum atomic E-state index is -0.853. The van der Waals surface area contributed by atoms with Gasteiger partial charge in [-0.15, -0.1) is 0 Å². The van der Waals surface area contributed by atoms with Crippen molar-refractivity contribution >= 4 is 17.3 Å². The summed E-state index contributed by atoms with van der Waals surface area (Å²) in [5, 5.41) is 13.3. The molecule has 2 aromatic rings. The van der Waals surface area contributed by atoms with Crippen LogP contribution in [0.4, 0.5) is 15.8 Å². The van der Waals surface area contributed by atoms with Gasteiger partial charge in [0, 0.05) is 12.1 Å². The number of hydrogen-bond donors (Lipinski definition) is 1. The molecule has 1 N–H and O–H groups in total. The fourth-order valence-corrected chi connectivity index (χ4v) is 2.63. The summed E-state index contributed by atoms with van der Waals surface area (Å²) in [5.74, 6) is -0.441. The van der Waals surface area contributed by atoms with Crippen molar-refractivity contribution in [3.8, 4) is 5.75 Å². The molecule has 6 nitrogen and oxygen atoms in total. The van der Waals surface area contributed by atoms with Crippen LogP contribution in [-0.2, 0) is 4.79 Å². The van der Waals surface area contributed by atoms with Gasteiger partial charge in [-0.1, -0.05) is 39.0 Å². The molecule has 0 heterocycles. The molecule has 144 valence electrons. The molecule has 1 amide bonds. The van der Waals surface area contributed by atoms with Crippen molar-refractivity contribution in [3.05, 3.63) is 64.0 Å². The highest BCUT2D eigenvalue weighted by atomic mass is 19.1. The highest BCUT2D eigenvalue weighted by Gasteiger charge is 2.22. The number of amides is 1. The second-order valence-electron chi connectivity index (χ2n) is 6.27. The van der Waals surface area contributed by atoms with Crippen LogP contribution in [0, 0.1) is 15.9 Å². The third-order valence-electron chi connectivity index (χ3n) is 4.41. The van der Waals surface area contributed by atoms with Gasteiger partial charge < -0.3 is 10.1 Å². The third kappa shape index (κ3) is 5.03. The number of para-hydroxylation sites is 1. The Balaban J connectivity index is 2.20. The van der Waals surface area contributed by atoms with Crippen LogP contribution in [0.5, 0.6) is 5.75 Å². The van der Waals surface area contributed by atoms with Gasteiger partial charge in [0.15, 0.2) is 6.10 Å². The lowest BCUT2D eigenvalue weighted by molar-refractivity contribution is -0.384. The zero-order valence-electron chi connectivity index (χ0n) is 15.6. The number of nitrogens with zero attached hydrogens (tertiary/aromatic N) is 1. The Morgan fingerprint density at radius 1 is 1.22 bits per heavy atom. The normalized spacial score (nSPS) is 12.9. The lowest BCUT2D eigenvalue weighted by Gasteiger charge is -2.21. The van der Waals surface area contributed by atoms with E-state index in [0.717, 1.165) is 30.2 Å². The van der Waals surface area contributed by atoms with E-state index < -0.39 is 22.8 Å². The van der Waals surface area contributed by atoms with E-state index in [1.54, 1.807) is 13.0 Å². The number of benzene rings is 2. The van der Waals surface area contributed by atoms with Gasteiger partial charge in [0.1, 0.15) is 11.6 Å². The number of carbonyl (C=O) groups is 1. The summed E-state index contributed by atoms with van der Waals surface area (Å²) in [6.07, 6.45) is 0.424. The number of nitro benzene ring substituents is 1. The Morgan fingerprint density at radius 3 is 2.56 bits per heavy atom.